The molecule has 0 amide bonds. The number of fused-ring (bicyclic) bond motifs is 1. The van der Waals surface area contributed by atoms with Gasteiger partial charge >= 0.3 is 0 Å². The van der Waals surface area contributed by atoms with E-state index in [1.54, 1.807) is 0 Å². The molecule has 2 rings (SSSR count). The van der Waals surface area contributed by atoms with E-state index >= 15 is 0 Å². The Bertz CT molecular complexity index is 441. The van der Waals surface area contributed by atoms with E-state index in [4.69, 9.17) is 4.43 Å². The van der Waals surface area contributed by atoms with Crippen LogP contribution in [0, 0.1) is 0 Å². The van der Waals surface area contributed by atoms with Crippen LogP contribution >= 0.6 is 0 Å². The Kier molecular flexibility index (Phi) is 3.28. The Morgan fingerprint density at radius 1 is 1.18 bits per heavy atom. The molecule has 0 aliphatic heterocycles. The highest BCUT2D eigenvalue weighted by atomic mass is 28.3. The van der Waals surface area contributed by atoms with Crippen molar-refractivity contribution >= 4 is 15.1 Å². The van der Waals surface area contributed by atoms with E-state index in [0.717, 1.165) is 0 Å². The molecule has 1 radical (unpaired) electrons. The third-order valence-electron chi connectivity index (χ3n) is 3.05. The SMILES string of the molecule is C[Si](C)OC1C=Cc2c1cccc2C(C)(C)C. The van der Waals surface area contributed by atoms with Crippen LogP contribution in [0.1, 0.15) is 43.6 Å². The second-order valence-electron chi connectivity index (χ2n) is 5.86. The van der Waals surface area contributed by atoms with E-state index in [9.17, 15) is 0 Å². The second-order valence-corrected chi connectivity index (χ2v) is 7.92. The molecule has 0 aromatic heterocycles. The number of benzene rings is 1. The van der Waals surface area contributed by atoms with Crippen molar-refractivity contribution in [3.63, 3.8) is 0 Å². The van der Waals surface area contributed by atoms with E-state index < -0.39 is 9.04 Å². The highest BCUT2D eigenvalue weighted by Gasteiger charge is 2.25. The summed E-state index contributed by atoms with van der Waals surface area (Å²) in [4.78, 5) is 0. The van der Waals surface area contributed by atoms with Gasteiger partial charge in [-0.15, -0.1) is 0 Å². The van der Waals surface area contributed by atoms with E-state index in [1.165, 1.54) is 16.7 Å². The fraction of sp³-hybridized carbons (Fsp3) is 0.467. The monoisotopic (exact) mass is 245 g/mol. The van der Waals surface area contributed by atoms with E-state index in [0.29, 0.717) is 0 Å². The van der Waals surface area contributed by atoms with Gasteiger partial charge in [-0.1, -0.05) is 51.1 Å². The molecule has 2 heteroatoms. The third-order valence-corrected chi connectivity index (χ3v) is 3.78. The van der Waals surface area contributed by atoms with Gasteiger partial charge in [-0.05, 0) is 35.2 Å². The average molecular weight is 245 g/mol. The van der Waals surface area contributed by atoms with E-state index in [1.807, 2.05) is 0 Å². The largest absolute Gasteiger partial charge is 0.407 e. The Balaban J connectivity index is 2.40. The maximum Gasteiger partial charge on any atom is 0.206 e. The average Bonchev–Trinajstić information content (AvgIpc) is 2.59. The summed E-state index contributed by atoms with van der Waals surface area (Å²) < 4.78 is 6.02. The molecule has 1 atom stereocenters. The molecule has 0 heterocycles. The van der Waals surface area contributed by atoms with Crippen LogP contribution in [0.2, 0.25) is 13.1 Å². The van der Waals surface area contributed by atoms with Crippen molar-refractivity contribution < 1.29 is 4.43 Å². The highest BCUT2D eigenvalue weighted by molar-refractivity contribution is 6.48. The van der Waals surface area contributed by atoms with Gasteiger partial charge in [0, 0.05) is 0 Å². The summed E-state index contributed by atoms with van der Waals surface area (Å²) in [6.07, 6.45) is 4.60. The van der Waals surface area contributed by atoms with Gasteiger partial charge in [0.05, 0.1) is 6.10 Å². The lowest BCUT2D eigenvalue weighted by Crippen LogP contribution is -2.15. The maximum atomic E-state index is 6.02. The molecule has 1 nitrogen and oxygen atoms in total. The van der Waals surface area contributed by atoms with Crippen LogP contribution in [0.4, 0.5) is 0 Å². The fourth-order valence-corrected chi connectivity index (χ4v) is 3.03. The van der Waals surface area contributed by atoms with Crippen LogP contribution in [0.5, 0.6) is 0 Å². The lowest BCUT2D eigenvalue weighted by molar-refractivity contribution is 0.264. The first-order valence-electron chi connectivity index (χ1n) is 6.18. The van der Waals surface area contributed by atoms with Gasteiger partial charge in [0.15, 0.2) is 0 Å². The minimum absolute atomic E-state index is 0.177. The highest BCUT2D eigenvalue weighted by Crippen LogP contribution is 2.37. The summed E-state index contributed by atoms with van der Waals surface area (Å²) in [7, 11) is -0.658. The van der Waals surface area contributed by atoms with Gasteiger partial charge in [-0.3, -0.25) is 0 Å². The van der Waals surface area contributed by atoms with Crippen molar-refractivity contribution in [2.75, 3.05) is 0 Å². The molecular weight excluding hydrogens is 224 g/mol. The Hall–Kier alpha value is -0.863. The molecule has 1 unspecified atom stereocenters. The predicted octanol–water partition coefficient (Wildman–Crippen LogP) is 4.32. The van der Waals surface area contributed by atoms with Crippen molar-refractivity contribution in [2.24, 2.45) is 0 Å². The summed E-state index contributed by atoms with van der Waals surface area (Å²) in [5.74, 6) is 0. The second kappa shape index (κ2) is 4.43. The van der Waals surface area contributed by atoms with Crippen molar-refractivity contribution in [3.8, 4) is 0 Å². The molecule has 1 aromatic carbocycles. The van der Waals surface area contributed by atoms with Crippen LogP contribution in [0.15, 0.2) is 24.3 Å². The molecule has 91 valence electrons. The van der Waals surface area contributed by atoms with Crippen LogP contribution in [0.3, 0.4) is 0 Å². The van der Waals surface area contributed by atoms with Gasteiger partial charge in [-0.25, -0.2) is 0 Å². The Labute approximate surface area is 106 Å². The molecular formula is C15H21OSi. The predicted molar refractivity (Wildman–Crippen MR) is 75.5 cm³/mol. The minimum Gasteiger partial charge on any atom is -0.407 e. The summed E-state index contributed by atoms with van der Waals surface area (Å²) in [5.41, 5.74) is 4.31. The molecule has 0 saturated carbocycles. The third kappa shape index (κ3) is 2.53. The molecule has 17 heavy (non-hydrogen) atoms. The zero-order valence-corrected chi connectivity index (χ0v) is 12.4. The summed E-state index contributed by atoms with van der Waals surface area (Å²) in [5, 5.41) is 0. The van der Waals surface area contributed by atoms with Crippen molar-refractivity contribution in [2.45, 2.75) is 45.4 Å². The molecule has 1 aliphatic rings. The van der Waals surface area contributed by atoms with Crippen LogP contribution in [-0.4, -0.2) is 9.04 Å². The minimum atomic E-state index is -0.658. The van der Waals surface area contributed by atoms with Crippen LogP contribution < -0.4 is 0 Å². The molecule has 1 aromatic rings. The van der Waals surface area contributed by atoms with Gasteiger partial charge in [0.2, 0.25) is 9.04 Å². The van der Waals surface area contributed by atoms with Gasteiger partial charge < -0.3 is 4.43 Å². The summed E-state index contributed by atoms with van der Waals surface area (Å²) >= 11 is 0. The van der Waals surface area contributed by atoms with E-state index in [2.05, 4.69) is 64.2 Å². The molecule has 0 spiro atoms. The normalized spacial score (nSPS) is 18.8. The van der Waals surface area contributed by atoms with Gasteiger partial charge in [0.1, 0.15) is 0 Å². The smallest absolute Gasteiger partial charge is 0.206 e. The topological polar surface area (TPSA) is 9.23 Å². The number of rotatable bonds is 2. The van der Waals surface area contributed by atoms with Gasteiger partial charge in [-0.2, -0.15) is 0 Å². The number of hydrogen-bond donors (Lipinski definition) is 0. The number of hydrogen-bond acceptors (Lipinski definition) is 1. The van der Waals surface area contributed by atoms with Crippen molar-refractivity contribution in [3.05, 3.63) is 41.0 Å². The molecule has 0 N–H and O–H groups in total. The zero-order valence-electron chi connectivity index (χ0n) is 11.4. The molecule has 0 saturated heterocycles. The van der Waals surface area contributed by atoms with Crippen molar-refractivity contribution in [1.82, 2.24) is 0 Å². The Morgan fingerprint density at radius 3 is 2.47 bits per heavy atom. The van der Waals surface area contributed by atoms with Crippen molar-refractivity contribution in [1.29, 1.82) is 0 Å². The van der Waals surface area contributed by atoms with Crippen LogP contribution in [0.25, 0.3) is 6.08 Å². The summed E-state index contributed by atoms with van der Waals surface area (Å²) in [6.45, 7) is 11.2. The fourth-order valence-electron chi connectivity index (χ4n) is 2.32. The van der Waals surface area contributed by atoms with Gasteiger partial charge in [0.25, 0.3) is 0 Å². The molecule has 0 bridgehead atoms. The quantitative estimate of drug-likeness (QED) is 0.705. The molecule has 0 fully saturated rings. The molecule has 1 aliphatic carbocycles. The van der Waals surface area contributed by atoms with Crippen LogP contribution in [-0.2, 0) is 9.84 Å². The van der Waals surface area contributed by atoms with E-state index in [-0.39, 0.29) is 11.5 Å². The zero-order chi connectivity index (χ0) is 12.6. The Morgan fingerprint density at radius 2 is 1.88 bits per heavy atom. The standard InChI is InChI=1S/C15H21OSi/c1-15(2,3)13-8-6-7-12-11(13)9-10-14(12)16-17(4)5/h6-10,14H,1-5H3. The summed E-state index contributed by atoms with van der Waals surface area (Å²) in [6, 6.07) is 6.58. The maximum absolute atomic E-state index is 6.02. The lowest BCUT2D eigenvalue weighted by atomic mass is 9.83. The lowest BCUT2D eigenvalue weighted by Gasteiger charge is -2.23. The first-order chi connectivity index (χ1) is 7.89. The first kappa shape index (κ1) is 12.6. The first-order valence-corrected chi connectivity index (χ1v) is 8.59.